The predicted octanol–water partition coefficient (Wildman–Crippen LogP) is 4.33. The normalized spacial score (nSPS) is 13.0. The van der Waals surface area contributed by atoms with E-state index in [4.69, 9.17) is 4.74 Å². The van der Waals surface area contributed by atoms with Gasteiger partial charge in [-0.2, -0.15) is 13.2 Å². The lowest BCUT2D eigenvalue weighted by molar-refractivity contribution is -0.141. The van der Waals surface area contributed by atoms with Gasteiger partial charge in [0.05, 0.1) is 12.7 Å². The molecule has 0 saturated carbocycles. The summed E-state index contributed by atoms with van der Waals surface area (Å²) in [5, 5.41) is 5.92. The first-order chi connectivity index (χ1) is 14.8. The lowest BCUT2D eigenvalue weighted by Crippen LogP contribution is -2.13. The summed E-state index contributed by atoms with van der Waals surface area (Å²) in [7, 11) is 1.53. The number of rotatable bonds is 5. The van der Waals surface area contributed by atoms with Crippen molar-refractivity contribution in [1.29, 1.82) is 0 Å². The fraction of sp³-hybridized carbons (Fsp3) is 0.227. The molecule has 1 aliphatic heterocycles. The van der Waals surface area contributed by atoms with Crippen LogP contribution in [0.25, 0.3) is 11.1 Å². The molecule has 0 atom stereocenters. The number of amides is 1. The smallest absolute Gasteiger partial charge is 0.433 e. The highest BCUT2D eigenvalue weighted by atomic mass is 19.4. The van der Waals surface area contributed by atoms with Crippen molar-refractivity contribution in [2.24, 2.45) is 0 Å². The summed E-state index contributed by atoms with van der Waals surface area (Å²) in [4.78, 5) is 20.1. The van der Waals surface area contributed by atoms with E-state index in [-0.39, 0.29) is 12.5 Å². The van der Waals surface area contributed by atoms with Crippen molar-refractivity contribution in [3.63, 3.8) is 0 Å². The van der Waals surface area contributed by atoms with Crippen LogP contribution in [0.15, 0.2) is 42.7 Å². The summed E-state index contributed by atoms with van der Waals surface area (Å²) in [6, 6.07) is 7.87. The first-order valence-corrected chi connectivity index (χ1v) is 9.49. The van der Waals surface area contributed by atoms with Gasteiger partial charge in [0.15, 0.2) is 0 Å². The van der Waals surface area contributed by atoms with Crippen LogP contribution < -0.4 is 15.4 Å². The van der Waals surface area contributed by atoms with Crippen LogP contribution in [0.2, 0.25) is 0 Å². The van der Waals surface area contributed by atoms with Gasteiger partial charge in [0, 0.05) is 31.0 Å². The molecule has 2 aromatic heterocycles. The number of hydrogen-bond donors (Lipinski definition) is 2. The highest BCUT2D eigenvalue weighted by Gasteiger charge is 2.32. The summed E-state index contributed by atoms with van der Waals surface area (Å²) >= 11 is 0. The molecule has 0 aliphatic carbocycles. The van der Waals surface area contributed by atoms with Crippen LogP contribution in [0.5, 0.6) is 5.75 Å². The molecule has 160 valence electrons. The first kappa shape index (κ1) is 20.6. The number of benzene rings is 1. The molecule has 0 bridgehead atoms. The number of halogens is 3. The van der Waals surface area contributed by atoms with Crippen molar-refractivity contribution in [2.45, 2.75) is 26.2 Å². The Morgan fingerprint density at radius 2 is 1.94 bits per heavy atom. The monoisotopic (exact) mass is 428 g/mol. The Hall–Kier alpha value is -3.62. The van der Waals surface area contributed by atoms with Crippen molar-refractivity contribution in [2.75, 3.05) is 12.4 Å². The molecule has 0 spiro atoms. The Labute approximate surface area is 176 Å². The lowest BCUT2D eigenvalue weighted by Gasteiger charge is -2.14. The first-order valence-electron chi connectivity index (χ1n) is 9.49. The maximum atomic E-state index is 12.6. The van der Waals surface area contributed by atoms with Gasteiger partial charge in [-0.25, -0.2) is 4.98 Å². The Balaban J connectivity index is 1.54. The van der Waals surface area contributed by atoms with Crippen molar-refractivity contribution >= 4 is 11.7 Å². The second-order valence-corrected chi connectivity index (χ2v) is 7.14. The maximum absolute atomic E-state index is 12.6. The zero-order valence-corrected chi connectivity index (χ0v) is 16.8. The second-order valence-electron chi connectivity index (χ2n) is 7.14. The van der Waals surface area contributed by atoms with E-state index in [9.17, 15) is 18.0 Å². The summed E-state index contributed by atoms with van der Waals surface area (Å²) in [5.74, 6) is 0.950. The van der Waals surface area contributed by atoms with Crippen LogP contribution in [-0.4, -0.2) is 23.0 Å². The molecule has 0 fully saturated rings. The third-order valence-electron chi connectivity index (χ3n) is 5.14. The van der Waals surface area contributed by atoms with Crippen LogP contribution >= 0.6 is 0 Å². The van der Waals surface area contributed by atoms with E-state index in [0.29, 0.717) is 29.2 Å². The van der Waals surface area contributed by atoms with E-state index in [2.05, 4.69) is 20.6 Å². The molecule has 1 amide bonds. The Morgan fingerprint density at radius 3 is 2.58 bits per heavy atom. The van der Waals surface area contributed by atoms with E-state index in [1.54, 1.807) is 12.3 Å². The molecule has 6 nitrogen and oxygen atoms in total. The Morgan fingerprint density at radius 1 is 1.13 bits per heavy atom. The quantitative estimate of drug-likeness (QED) is 0.633. The number of alkyl halides is 3. The zero-order chi connectivity index (χ0) is 22.2. The number of nitrogens with one attached hydrogen (secondary N) is 2. The number of fused-ring (bicyclic) bond motifs is 1. The predicted molar refractivity (Wildman–Crippen MR) is 109 cm³/mol. The molecule has 0 saturated heterocycles. The highest BCUT2D eigenvalue weighted by molar-refractivity contribution is 6.03. The van der Waals surface area contributed by atoms with Gasteiger partial charge in [-0.05, 0) is 47.4 Å². The van der Waals surface area contributed by atoms with Gasteiger partial charge in [-0.15, -0.1) is 0 Å². The SMILES string of the molecule is COc1ccc(-c2cnc(NCc3ccc(C(F)(F)F)nc3)cc2C)c2c1C(=O)NC2. The molecule has 9 heteroatoms. The largest absolute Gasteiger partial charge is 0.496 e. The van der Waals surface area contributed by atoms with Crippen molar-refractivity contribution < 1.29 is 22.7 Å². The highest BCUT2D eigenvalue weighted by Crippen LogP contribution is 2.36. The van der Waals surface area contributed by atoms with Crippen molar-refractivity contribution in [3.8, 4) is 16.9 Å². The summed E-state index contributed by atoms with van der Waals surface area (Å²) in [5.41, 5.74) is 3.82. The van der Waals surface area contributed by atoms with Crippen LogP contribution in [0, 0.1) is 6.92 Å². The minimum atomic E-state index is -4.46. The van der Waals surface area contributed by atoms with E-state index in [0.717, 1.165) is 28.3 Å². The number of ether oxygens (including phenoxy) is 1. The fourth-order valence-corrected chi connectivity index (χ4v) is 3.56. The topological polar surface area (TPSA) is 76.1 Å². The molecular weight excluding hydrogens is 409 g/mol. The van der Waals surface area contributed by atoms with Gasteiger partial charge in [0.2, 0.25) is 0 Å². The zero-order valence-electron chi connectivity index (χ0n) is 16.8. The Kier molecular flexibility index (Phi) is 5.26. The second kappa shape index (κ2) is 7.90. The summed E-state index contributed by atoms with van der Waals surface area (Å²) in [6.45, 7) is 2.64. The van der Waals surface area contributed by atoms with Gasteiger partial charge in [-0.1, -0.05) is 12.1 Å². The number of anilines is 1. The standard InChI is InChI=1S/C22H19F3N4O2/c1-12-7-19(27-9-13-3-6-18(26-8-13)22(23,24)25)28-10-15(12)14-4-5-17(31-2)20-16(14)11-29-21(20)30/h3-8,10H,9,11H2,1-2H3,(H,27,28)(H,29,30). The average Bonchev–Trinajstić information content (AvgIpc) is 3.14. The fourth-order valence-electron chi connectivity index (χ4n) is 3.56. The summed E-state index contributed by atoms with van der Waals surface area (Å²) in [6.07, 6.45) is -1.54. The number of carbonyl (C=O) groups is 1. The van der Waals surface area contributed by atoms with Gasteiger partial charge in [-0.3, -0.25) is 9.78 Å². The van der Waals surface area contributed by atoms with Gasteiger partial charge in [0.25, 0.3) is 5.91 Å². The third kappa shape index (κ3) is 4.03. The number of methoxy groups -OCH3 is 1. The minimum Gasteiger partial charge on any atom is -0.496 e. The van der Waals surface area contributed by atoms with Crippen LogP contribution in [0.1, 0.15) is 32.7 Å². The molecule has 3 aromatic rings. The van der Waals surface area contributed by atoms with Crippen LogP contribution in [0.3, 0.4) is 0 Å². The average molecular weight is 428 g/mol. The molecular formula is C22H19F3N4O2. The molecule has 0 unspecified atom stereocenters. The van der Waals surface area contributed by atoms with E-state index in [1.165, 1.54) is 19.4 Å². The van der Waals surface area contributed by atoms with E-state index in [1.807, 2.05) is 19.1 Å². The van der Waals surface area contributed by atoms with Gasteiger partial charge < -0.3 is 15.4 Å². The van der Waals surface area contributed by atoms with Gasteiger partial charge >= 0.3 is 6.18 Å². The van der Waals surface area contributed by atoms with E-state index < -0.39 is 11.9 Å². The van der Waals surface area contributed by atoms with Crippen LogP contribution in [-0.2, 0) is 19.3 Å². The third-order valence-corrected chi connectivity index (χ3v) is 5.14. The summed E-state index contributed by atoms with van der Waals surface area (Å²) < 4.78 is 43.2. The molecule has 0 radical (unpaired) electrons. The molecule has 31 heavy (non-hydrogen) atoms. The number of pyridine rings is 2. The molecule has 4 rings (SSSR count). The van der Waals surface area contributed by atoms with Crippen molar-refractivity contribution in [3.05, 3.63) is 70.7 Å². The molecule has 3 heterocycles. The van der Waals surface area contributed by atoms with Crippen LogP contribution in [0.4, 0.5) is 19.0 Å². The number of carbonyl (C=O) groups excluding carboxylic acids is 1. The number of nitrogens with zero attached hydrogens (tertiary/aromatic N) is 2. The van der Waals surface area contributed by atoms with E-state index >= 15 is 0 Å². The maximum Gasteiger partial charge on any atom is 0.433 e. The minimum absolute atomic E-state index is 0.164. The Bertz CT molecular complexity index is 1140. The number of aromatic nitrogens is 2. The van der Waals surface area contributed by atoms with Gasteiger partial charge in [0.1, 0.15) is 17.3 Å². The number of hydrogen-bond acceptors (Lipinski definition) is 5. The molecule has 2 N–H and O–H groups in total. The van der Waals surface area contributed by atoms with Crippen molar-refractivity contribution in [1.82, 2.24) is 15.3 Å². The molecule has 1 aliphatic rings. The lowest BCUT2D eigenvalue weighted by atomic mass is 9.94. The molecule has 1 aromatic carbocycles. The number of aryl methyl sites for hydroxylation is 1.